The van der Waals surface area contributed by atoms with E-state index in [0.717, 1.165) is 25.3 Å². The maximum atomic E-state index is 14.0. The Kier molecular flexibility index (Phi) is 5.46. The zero-order chi connectivity index (χ0) is 20.5. The van der Waals surface area contributed by atoms with Crippen molar-refractivity contribution in [3.8, 4) is 0 Å². The monoisotopic (exact) mass is 394 g/mol. The Morgan fingerprint density at radius 3 is 2.68 bits per heavy atom. The zero-order valence-corrected chi connectivity index (χ0v) is 15.4. The summed E-state index contributed by atoms with van der Waals surface area (Å²) in [5.74, 6) is -3.46. The van der Waals surface area contributed by atoms with Crippen LogP contribution in [0.3, 0.4) is 0 Å². The lowest BCUT2D eigenvalue weighted by molar-refractivity contribution is -0.138. The number of aliphatic hydroxyl groups is 1. The fourth-order valence-electron chi connectivity index (χ4n) is 3.42. The van der Waals surface area contributed by atoms with Gasteiger partial charge in [-0.15, -0.1) is 0 Å². The van der Waals surface area contributed by atoms with Crippen molar-refractivity contribution in [1.82, 2.24) is 5.32 Å². The van der Waals surface area contributed by atoms with Gasteiger partial charge < -0.3 is 19.9 Å². The number of ether oxygens (including phenoxy) is 2. The Morgan fingerprint density at radius 1 is 1.36 bits per heavy atom. The number of carbonyl (C=O) groups excluding carboxylic acids is 2. The lowest BCUT2D eigenvalue weighted by atomic mass is 9.74. The first-order valence-corrected chi connectivity index (χ1v) is 8.74. The van der Waals surface area contributed by atoms with Crippen LogP contribution in [0.2, 0.25) is 0 Å². The molecule has 0 saturated carbocycles. The molecule has 1 aromatic carbocycles. The minimum atomic E-state index is -1.31. The van der Waals surface area contributed by atoms with Crippen molar-refractivity contribution in [2.45, 2.75) is 25.8 Å². The quantitative estimate of drug-likeness (QED) is 0.767. The number of aliphatic imine (C=N–C) groups is 1. The van der Waals surface area contributed by atoms with Gasteiger partial charge in [0.2, 0.25) is 5.91 Å². The third-order valence-electron chi connectivity index (χ3n) is 5.06. The number of methoxy groups -OCH3 is 1. The van der Waals surface area contributed by atoms with E-state index >= 15 is 0 Å². The summed E-state index contributed by atoms with van der Waals surface area (Å²) in [7, 11) is 1.13. The third-order valence-corrected chi connectivity index (χ3v) is 5.06. The van der Waals surface area contributed by atoms with Crippen molar-refractivity contribution in [3.05, 3.63) is 46.7 Å². The zero-order valence-electron chi connectivity index (χ0n) is 15.4. The number of aliphatic hydroxyl groups excluding tert-OH is 1. The van der Waals surface area contributed by atoms with Crippen LogP contribution < -0.4 is 5.32 Å². The summed E-state index contributed by atoms with van der Waals surface area (Å²) >= 11 is 0. The number of halogens is 2. The summed E-state index contributed by atoms with van der Waals surface area (Å²) in [5, 5.41) is 13.3. The van der Waals surface area contributed by atoms with E-state index in [1.165, 1.54) is 6.92 Å². The molecule has 2 N–H and O–H groups in total. The van der Waals surface area contributed by atoms with E-state index in [-0.39, 0.29) is 43.0 Å². The number of esters is 1. The van der Waals surface area contributed by atoms with Gasteiger partial charge in [-0.25, -0.2) is 13.6 Å². The van der Waals surface area contributed by atoms with Crippen molar-refractivity contribution in [3.63, 3.8) is 0 Å². The predicted octanol–water partition coefficient (Wildman–Crippen LogP) is 2.34. The molecule has 0 bridgehead atoms. The normalized spacial score (nSPS) is 21.6. The van der Waals surface area contributed by atoms with Gasteiger partial charge in [-0.3, -0.25) is 9.79 Å². The third kappa shape index (κ3) is 3.37. The molecule has 1 atom stereocenters. The van der Waals surface area contributed by atoms with Crippen LogP contribution in [0.5, 0.6) is 0 Å². The van der Waals surface area contributed by atoms with E-state index in [0.29, 0.717) is 0 Å². The summed E-state index contributed by atoms with van der Waals surface area (Å²) in [6.07, 6.45) is 0.374. The molecule has 1 spiro atoms. The molecule has 7 nitrogen and oxygen atoms in total. The fourth-order valence-corrected chi connectivity index (χ4v) is 3.42. The first-order valence-electron chi connectivity index (χ1n) is 8.74. The topological polar surface area (TPSA) is 97.2 Å². The average Bonchev–Trinajstić information content (AvgIpc) is 2.68. The number of rotatable bonds is 3. The van der Waals surface area contributed by atoms with E-state index < -0.39 is 40.7 Å². The van der Waals surface area contributed by atoms with Crippen molar-refractivity contribution in [1.29, 1.82) is 0 Å². The second-order valence-electron chi connectivity index (χ2n) is 6.68. The summed E-state index contributed by atoms with van der Waals surface area (Å²) in [6, 6.07) is 1.98. The molecule has 1 fully saturated rings. The average molecular weight is 394 g/mol. The van der Waals surface area contributed by atoms with Crippen molar-refractivity contribution >= 4 is 17.7 Å². The van der Waals surface area contributed by atoms with E-state index in [4.69, 9.17) is 9.47 Å². The molecule has 0 aliphatic carbocycles. The summed E-state index contributed by atoms with van der Waals surface area (Å²) < 4.78 is 37.5. The molecular formula is C19H20F2N2O5. The molecule has 9 heteroatoms. The molecule has 28 heavy (non-hydrogen) atoms. The van der Waals surface area contributed by atoms with Gasteiger partial charge in [0.25, 0.3) is 0 Å². The second-order valence-corrected chi connectivity index (χ2v) is 6.68. The van der Waals surface area contributed by atoms with E-state index in [1.807, 2.05) is 0 Å². The minimum absolute atomic E-state index is 0.0585. The van der Waals surface area contributed by atoms with Crippen LogP contribution in [0.1, 0.15) is 31.4 Å². The van der Waals surface area contributed by atoms with E-state index in [1.54, 1.807) is 0 Å². The number of hydrogen-bond acceptors (Lipinski definition) is 6. The second kappa shape index (κ2) is 7.67. The van der Waals surface area contributed by atoms with E-state index in [9.17, 15) is 23.5 Å². The molecule has 2 aliphatic heterocycles. The van der Waals surface area contributed by atoms with Crippen LogP contribution in [-0.2, 0) is 19.1 Å². The van der Waals surface area contributed by atoms with Gasteiger partial charge in [-0.1, -0.05) is 0 Å². The highest BCUT2D eigenvalue weighted by Gasteiger charge is 2.51. The molecule has 1 saturated heterocycles. The van der Waals surface area contributed by atoms with Crippen LogP contribution >= 0.6 is 0 Å². The predicted molar refractivity (Wildman–Crippen MR) is 94.5 cm³/mol. The highest BCUT2D eigenvalue weighted by molar-refractivity contribution is 6.26. The van der Waals surface area contributed by atoms with E-state index in [2.05, 4.69) is 10.3 Å². The molecule has 3 rings (SSSR count). The van der Waals surface area contributed by atoms with Gasteiger partial charge in [0.05, 0.1) is 13.2 Å². The van der Waals surface area contributed by atoms with Crippen LogP contribution in [0.4, 0.5) is 8.78 Å². The number of nitrogens with one attached hydrogen (secondary N) is 1. The lowest BCUT2D eigenvalue weighted by Gasteiger charge is -2.39. The van der Waals surface area contributed by atoms with Gasteiger partial charge in [0, 0.05) is 18.8 Å². The van der Waals surface area contributed by atoms with Crippen LogP contribution in [-0.4, -0.2) is 43.1 Å². The van der Waals surface area contributed by atoms with Crippen molar-refractivity contribution in [2.24, 2.45) is 10.4 Å². The molecule has 150 valence electrons. The van der Waals surface area contributed by atoms with Gasteiger partial charge in [-0.2, -0.15) is 0 Å². The molecule has 0 unspecified atom stereocenters. The molecule has 0 aromatic heterocycles. The number of nitrogens with zero attached hydrogens (tertiary/aromatic N) is 1. The Balaban J connectivity index is 2.09. The highest BCUT2D eigenvalue weighted by atomic mass is 19.1. The molecule has 2 heterocycles. The Bertz CT molecular complexity index is 875. The van der Waals surface area contributed by atoms with Crippen molar-refractivity contribution < 1.29 is 33.0 Å². The number of amides is 1. The molecular weight excluding hydrogens is 374 g/mol. The summed E-state index contributed by atoms with van der Waals surface area (Å²) in [6.45, 7) is 1.95. The number of benzene rings is 1. The van der Waals surface area contributed by atoms with Crippen LogP contribution in [0.25, 0.3) is 0 Å². The van der Waals surface area contributed by atoms with Gasteiger partial charge in [0.1, 0.15) is 34.2 Å². The molecule has 1 amide bonds. The number of carbonyl (C=O) groups is 2. The molecule has 1 aromatic rings. The minimum Gasteiger partial charge on any atom is -0.510 e. The molecule has 2 aliphatic rings. The van der Waals surface area contributed by atoms with Gasteiger partial charge in [0.15, 0.2) is 0 Å². The summed E-state index contributed by atoms with van der Waals surface area (Å²) in [4.78, 5) is 29.2. The number of amidine groups is 1. The lowest BCUT2D eigenvalue weighted by Crippen LogP contribution is -2.54. The maximum Gasteiger partial charge on any atom is 0.345 e. The Labute approximate surface area is 160 Å². The van der Waals surface area contributed by atoms with Gasteiger partial charge in [-0.05, 0) is 38.0 Å². The smallest absolute Gasteiger partial charge is 0.345 e. The standard InChI is InChI=1S/C19H20F2N2O5/c1-10(12-9-11(20)3-4-13(12)21)22-16-14(17(25)27-2)15(24)19(18(26)23-16)5-7-28-8-6-19/h3-4,9-10,24H,5-8H2,1-2H3,(H,22,23,26)/t10-/m0/s1. The largest absolute Gasteiger partial charge is 0.510 e. The van der Waals surface area contributed by atoms with Crippen molar-refractivity contribution in [2.75, 3.05) is 20.3 Å². The van der Waals surface area contributed by atoms with Crippen LogP contribution in [0, 0.1) is 17.0 Å². The first-order chi connectivity index (χ1) is 13.3. The highest BCUT2D eigenvalue weighted by Crippen LogP contribution is 2.41. The Morgan fingerprint density at radius 2 is 2.04 bits per heavy atom. The summed E-state index contributed by atoms with van der Waals surface area (Å²) in [5.41, 5.74) is -1.67. The van der Waals surface area contributed by atoms with Gasteiger partial charge >= 0.3 is 5.97 Å². The fraction of sp³-hybridized carbons (Fsp3) is 0.421. The SMILES string of the molecule is COC(=O)C1=C(O)C2(CCOCC2)C(=O)NC1=N[C@@H](C)c1cc(F)ccc1F. The first kappa shape index (κ1) is 19.9. The Hall–Kier alpha value is -2.81. The maximum absolute atomic E-state index is 14.0. The van der Waals surface area contributed by atoms with Crippen LogP contribution in [0.15, 0.2) is 34.5 Å². The number of hydrogen-bond donors (Lipinski definition) is 2. The molecule has 0 radical (unpaired) electrons.